The molecule has 0 aliphatic heterocycles. The van der Waals surface area contributed by atoms with Crippen LogP contribution in [-0.4, -0.2) is 31.6 Å². The van der Waals surface area contributed by atoms with Crippen LogP contribution in [0.1, 0.15) is 29.8 Å². The largest absolute Gasteiger partial charge is 0.464 e. The SMILES string of the molecule is CCOC(=O)C(C)NC(=O)c1ccccc1COC. The fourth-order valence-corrected chi connectivity index (χ4v) is 1.62. The summed E-state index contributed by atoms with van der Waals surface area (Å²) in [6.07, 6.45) is 0. The molecule has 5 nitrogen and oxygen atoms in total. The quantitative estimate of drug-likeness (QED) is 0.792. The average Bonchev–Trinajstić information content (AvgIpc) is 2.39. The molecule has 104 valence electrons. The number of benzene rings is 1. The third-order valence-electron chi connectivity index (χ3n) is 2.55. The Balaban J connectivity index is 2.75. The van der Waals surface area contributed by atoms with Gasteiger partial charge in [-0.3, -0.25) is 4.79 Å². The molecular formula is C14H19NO4. The van der Waals surface area contributed by atoms with Crippen LogP contribution >= 0.6 is 0 Å². The van der Waals surface area contributed by atoms with E-state index in [1.807, 2.05) is 12.1 Å². The van der Waals surface area contributed by atoms with E-state index < -0.39 is 12.0 Å². The lowest BCUT2D eigenvalue weighted by molar-refractivity contribution is -0.144. The third kappa shape index (κ3) is 4.37. The second kappa shape index (κ2) is 7.53. The summed E-state index contributed by atoms with van der Waals surface area (Å²) in [6, 6.07) is 6.43. The smallest absolute Gasteiger partial charge is 0.328 e. The number of methoxy groups -OCH3 is 1. The summed E-state index contributed by atoms with van der Waals surface area (Å²) in [5.41, 5.74) is 1.28. The molecule has 0 bridgehead atoms. The molecule has 1 rings (SSSR count). The summed E-state index contributed by atoms with van der Waals surface area (Å²) in [7, 11) is 1.57. The number of ether oxygens (including phenoxy) is 2. The second-order valence-corrected chi connectivity index (χ2v) is 4.04. The van der Waals surface area contributed by atoms with Crippen LogP contribution in [0.4, 0.5) is 0 Å². The van der Waals surface area contributed by atoms with Crippen molar-refractivity contribution in [3.05, 3.63) is 35.4 Å². The summed E-state index contributed by atoms with van der Waals surface area (Å²) < 4.78 is 9.88. The molecule has 19 heavy (non-hydrogen) atoms. The van der Waals surface area contributed by atoms with E-state index in [1.165, 1.54) is 0 Å². The van der Waals surface area contributed by atoms with E-state index in [2.05, 4.69) is 5.32 Å². The van der Waals surface area contributed by atoms with Crippen molar-refractivity contribution in [3.8, 4) is 0 Å². The van der Waals surface area contributed by atoms with Gasteiger partial charge >= 0.3 is 5.97 Å². The van der Waals surface area contributed by atoms with Gasteiger partial charge in [0.25, 0.3) is 5.91 Å². The standard InChI is InChI=1S/C14H19NO4/c1-4-19-14(17)10(2)15-13(16)12-8-6-5-7-11(12)9-18-3/h5-8,10H,4,9H2,1-3H3,(H,15,16). The van der Waals surface area contributed by atoms with Crippen molar-refractivity contribution < 1.29 is 19.1 Å². The van der Waals surface area contributed by atoms with Crippen LogP contribution in [0.5, 0.6) is 0 Å². The molecule has 1 aromatic carbocycles. The normalized spacial score (nSPS) is 11.7. The summed E-state index contributed by atoms with van der Waals surface area (Å²) in [5, 5.41) is 2.61. The van der Waals surface area contributed by atoms with Crippen LogP contribution in [0, 0.1) is 0 Å². The molecule has 0 heterocycles. The van der Waals surface area contributed by atoms with Crippen molar-refractivity contribution in [2.24, 2.45) is 0 Å². The van der Waals surface area contributed by atoms with E-state index in [4.69, 9.17) is 9.47 Å². The van der Waals surface area contributed by atoms with Crippen molar-refractivity contribution in [1.82, 2.24) is 5.32 Å². The highest BCUT2D eigenvalue weighted by atomic mass is 16.5. The highest BCUT2D eigenvalue weighted by molar-refractivity contribution is 5.97. The zero-order valence-electron chi connectivity index (χ0n) is 11.4. The molecule has 1 amide bonds. The van der Waals surface area contributed by atoms with Gasteiger partial charge in [-0.15, -0.1) is 0 Å². The fraction of sp³-hybridized carbons (Fsp3) is 0.429. The molecule has 5 heteroatoms. The highest BCUT2D eigenvalue weighted by Gasteiger charge is 2.18. The number of carbonyl (C=O) groups is 2. The molecule has 1 atom stereocenters. The summed E-state index contributed by atoms with van der Waals surface area (Å²) in [6.45, 7) is 3.95. The lowest BCUT2D eigenvalue weighted by Crippen LogP contribution is -2.39. The minimum atomic E-state index is -0.678. The van der Waals surface area contributed by atoms with Gasteiger partial charge in [0.05, 0.1) is 13.2 Å². The number of rotatable bonds is 6. The predicted molar refractivity (Wildman–Crippen MR) is 70.7 cm³/mol. The van der Waals surface area contributed by atoms with Crippen molar-refractivity contribution >= 4 is 11.9 Å². The van der Waals surface area contributed by atoms with E-state index in [1.54, 1.807) is 33.1 Å². The lowest BCUT2D eigenvalue weighted by atomic mass is 10.1. The first-order valence-electron chi connectivity index (χ1n) is 6.14. The first-order valence-corrected chi connectivity index (χ1v) is 6.14. The van der Waals surface area contributed by atoms with E-state index in [9.17, 15) is 9.59 Å². The number of carbonyl (C=O) groups excluding carboxylic acids is 2. The van der Waals surface area contributed by atoms with E-state index in [0.29, 0.717) is 18.8 Å². The minimum absolute atomic E-state index is 0.291. The van der Waals surface area contributed by atoms with Gasteiger partial charge < -0.3 is 14.8 Å². The molecule has 0 saturated heterocycles. The molecule has 0 aromatic heterocycles. The predicted octanol–water partition coefficient (Wildman–Crippen LogP) is 1.51. The monoisotopic (exact) mass is 265 g/mol. The highest BCUT2D eigenvalue weighted by Crippen LogP contribution is 2.10. The van der Waals surface area contributed by atoms with E-state index >= 15 is 0 Å². The van der Waals surface area contributed by atoms with Gasteiger partial charge in [0, 0.05) is 12.7 Å². The third-order valence-corrected chi connectivity index (χ3v) is 2.55. The molecule has 0 aliphatic rings. The number of nitrogens with one attached hydrogen (secondary N) is 1. The Hall–Kier alpha value is -1.88. The lowest BCUT2D eigenvalue weighted by Gasteiger charge is -2.14. The number of amides is 1. The first-order chi connectivity index (χ1) is 9.10. The van der Waals surface area contributed by atoms with Crippen LogP contribution in [0.2, 0.25) is 0 Å². The second-order valence-electron chi connectivity index (χ2n) is 4.04. The van der Waals surface area contributed by atoms with Crippen LogP contribution in [0.15, 0.2) is 24.3 Å². The molecule has 0 fully saturated rings. The van der Waals surface area contributed by atoms with E-state index in [0.717, 1.165) is 5.56 Å². The molecular weight excluding hydrogens is 246 g/mol. The Morgan fingerprint density at radius 3 is 2.63 bits per heavy atom. The first kappa shape index (κ1) is 15.2. The van der Waals surface area contributed by atoms with Gasteiger partial charge in [-0.25, -0.2) is 4.79 Å². The number of hydrogen-bond acceptors (Lipinski definition) is 4. The Bertz CT molecular complexity index is 445. The van der Waals surface area contributed by atoms with Crippen LogP contribution in [-0.2, 0) is 20.9 Å². The summed E-state index contributed by atoms with van der Waals surface area (Å²) in [4.78, 5) is 23.5. The molecule has 0 saturated carbocycles. The maximum atomic E-state index is 12.1. The fourth-order valence-electron chi connectivity index (χ4n) is 1.62. The van der Waals surface area contributed by atoms with Gasteiger partial charge in [-0.05, 0) is 25.5 Å². The summed E-state index contributed by atoms with van der Waals surface area (Å²) >= 11 is 0. The minimum Gasteiger partial charge on any atom is -0.464 e. The Labute approximate surface area is 112 Å². The maximum Gasteiger partial charge on any atom is 0.328 e. The molecule has 1 aromatic rings. The van der Waals surface area contributed by atoms with Gasteiger partial charge in [-0.1, -0.05) is 18.2 Å². The van der Waals surface area contributed by atoms with Gasteiger partial charge in [0.2, 0.25) is 0 Å². The number of esters is 1. The van der Waals surface area contributed by atoms with Crippen molar-refractivity contribution in [2.75, 3.05) is 13.7 Å². The molecule has 0 spiro atoms. The summed E-state index contributed by atoms with van der Waals surface area (Å²) in [5.74, 6) is -0.756. The van der Waals surface area contributed by atoms with Crippen LogP contribution in [0.25, 0.3) is 0 Å². The average molecular weight is 265 g/mol. The van der Waals surface area contributed by atoms with Crippen LogP contribution in [0.3, 0.4) is 0 Å². The zero-order chi connectivity index (χ0) is 14.3. The maximum absolute atomic E-state index is 12.1. The number of hydrogen-bond donors (Lipinski definition) is 1. The van der Waals surface area contributed by atoms with Gasteiger partial charge in [0.15, 0.2) is 0 Å². The van der Waals surface area contributed by atoms with Crippen LogP contribution < -0.4 is 5.32 Å². The van der Waals surface area contributed by atoms with E-state index in [-0.39, 0.29) is 5.91 Å². The molecule has 1 N–H and O–H groups in total. The zero-order valence-corrected chi connectivity index (χ0v) is 11.4. The van der Waals surface area contributed by atoms with Crippen molar-refractivity contribution in [1.29, 1.82) is 0 Å². The topological polar surface area (TPSA) is 64.6 Å². The molecule has 0 radical (unpaired) electrons. The Morgan fingerprint density at radius 1 is 1.32 bits per heavy atom. The molecule has 1 unspecified atom stereocenters. The Kier molecular flexibility index (Phi) is 6.02. The van der Waals surface area contributed by atoms with Gasteiger partial charge in [-0.2, -0.15) is 0 Å². The van der Waals surface area contributed by atoms with Crippen molar-refractivity contribution in [2.45, 2.75) is 26.5 Å². The molecule has 0 aliphatic carbocycles. The van der Waals surface area contributed by atoms with Crippen molar-refractivity contribution in [3.63, 3.8) is 0 Å². The van der Waals surface area contributed by atoms with Gasteiger partial charge in [0.1, 0.15) is 6.04 Å². The Morgan fingerprint density at radius 2 is 2.00 bits per heavy atom.